The van der Waals surface area contributed by atoms with Gasteiger partial charge in [-0.25, -0.2) is 4.39 Å². The van der Waals surface area contributed by atoms with Gasteiger partial charge in [-0.15, -0.1) is 0 Å². The molecule has 1 fully saturated rings. The Morgan fingerprint density at radius 3 is 2.47 bits per heavy atom. The molecule has 2 aromatic rings. The van der Waals surface area contributed by atoms with Crippen LogP contribution in [-0.4, -0.2) is 29.8 Å². The van der Waals surface area contributed by atoms with Gasteiger partial charge in [-0.1, -0.05) is 53.5 Å². The van der Waals surface area contributed by atoms with Crippen LogP contribution in [0.2, 0.25) is 10.0 Å². The summed E-state index contributed by atoms with van der Waals surface area (Å²) in [5.74, 6) is -0.735. The second-order valence-electron chi connectivity index (χ2n) is 7.66. The lowest BCUT2D eigenvalue weighted by Gasteiger charge is -2.32. The van der Waals surface area contributed by atoms with E-state index in [-0.39, 0.29) is 22.8 Å². The van der Waals surface area contributed by atoms with Crippen molar-refractivity contribution in [1.82, 2.24) is 10.2 Å². The molecule has 2 amide bonds. The van der Waals surface area contributed by atoms with E-state index in [1.54, 1.807) is 6.92 Å². The van der Waals surface area contributed by atoms with Crippen molar-refractivity contribution in [2.45, 2.75) is 38.6 Å². The van der Waals surface area contributed by atoms with E-state index in [0.29, 0.717) is 42.9 Å². The summed E-state index contributed by atoms with van der Waals surface area (Å²) in [7, 11) is 0. The van der Waals surface area contributed by atoms with Crippen LogP contribution in [-0.2, 0) is 16.0 Å². The summed E-state index contributed by atoms with van der Waals surface area (Å²) in [5, 5.41) is 3.17. The van der Waals surface area contributed by atoms with Crippen LogP contribution in [0, 0.1) is 11.7 Å². The van der Waals surface area contributed by atoms with Crippen LogP contribution in [0.5, 0.6) is 0 Å². The van der Waals surface area contributed by atoms with Crippen molar-refractivity contribution in [1.29, 1.82) is 0 Å². The van der Waals surface area contributed by atoms with Crippen LogP contribution in [0.15, 0.2) is 42.5 Å². The number of halogens is 3. The average Bonchev–Trinajstić information content (AvgIpc) is 2.75. The average molecular weight is 451 g/mol. The molecule has 0 aromatic heterocycles. The van der Waals surface area contributed by atoms with Crippen molar-refractivity contribution in [3.05, 3.63) is 69.5 Å². The quantitative estimate of drug-likeness (QED) is 0.616. The Hall–Kier alpha value is -2.11. The summed E-state index contributed by atoms with van der Waals surface area (Å²) in [6.45, 7) is 2.89. The predicted molar refractivity (Wildman–Crippen MR) is 117 cm³/mol. The van der Waals surface area contributed by atoms with Gasteiger partial charge in [0.05, 0.1) is 11.1 Å². The standard InChI is InChI=1S/C23H25Cl2FN2O2/c1-15(18-13-21(26)20(25)14-19(18)24)27-23(30)17-9-11-28(12-10-17)22(29)8-7-16-5-3-2-4-6-16/h2-6,13-15,17H,7-12H2,1H3,(H,27,30). The van der Waals surface area contributed by atoms with E-state index in [2.05, 4.69) is 5.32 Å². The molecule has 160 valence electrons. The number of rotatable bonds is 6. The Kier molecular flexibility index (Phi) is 7.73. The summed E-state index contributed by atoms with van der Waals surface area (Å²) < 4.78 is 13.8. The van der Waals surface area contributed by atoms with Gasteiger partial charge in [0.1, 0.15) is 5.82 Å². The molecular formula is C23H25Cl2FN2O2. The third kappa shape index (κ3) is 5.73. The first kappa shape index (κ1) is 22.6. The molecule has 1 aliphatic rings. The number of piperidine rings is 1. The fourth-order valence-corrected chi connectivity index (χ4v) is 4.27. The number of aryl methyl sites for hydroxylation is 1. The summed E-state index contributed by atoms with van der Waals surface area (Å²) >= 11 is 11.9. The van der Waals surface area contributed by atoms with Gasteiger partial charge in [0, 0.05) is 30.5 Å². The highest BCUT2D eigenvalue weighted by molar-refractivity contribution is 6.35. The molecule has 2 aromatic carbocycles. The molecule has 30 heavy (non-hydrogen) atoms. The monoisotopic (exact) mass is 450 g/mol. The fourth-order valence-electron chi connectivity index (χ4n) is 3.72. The minimum atomic E-state index is -0.570. The Morgan fingerprint density at radius 1 is 1.13 bits per heavy atom. The number of hydrogen-bond acceptors (Lipinski definition) is 2. The van der Waals surface area contributed by atoms with Gasteiger partial charge in [-0.05, 0) is 49.4 Å². The van der Waals surface area contributed by atoms with Gasteiger partial charge in [-0.3, -0.25) is 9.59 Å². The second kappa shape index (κ2) is 10.3. The molecule has 0 spiro atoms. The Balaban J connectivity index is 1.48. The zero-order valence-electron chi connectivity index (χ0n) is 16.8. The highest BCUT2D eigenvalue weighted by atomic mass is 35.5. The van der Waals surface area contributed by atoms with Crippen LogP contribution < -0.4 is 5.32 Å². The van der Waals surface area contributed by atoms with Gasteiger partial charge in [-0.2, -0.15) is 0 Å². The maximum atomic E-state index is 13.8. The summed E-state index contributed by atoms with van der Waals surface area (Å²) in [4.78, 5) is 27.0. The molecule has 1 heterocycles. The van der Waals surface area contributed by atoms with Gasteiger partial charge in [0.25, 0.3) is 0 Å². The van der Waals surface area contributed by atoms with E-state index in [1.807, 2.05) is 35.2 Å². The molecular weight excluding hydrogens is 426 g/mol. The number of carbonyl (C=O) groups is 2. The fraction of sp³-hybridized carbons (Fsp3) is 0.391. The number of amides is 2. The third-order valence-corrected chi connectivity index (χ3v) is 6.17. The van der Waals surface area contributed by atoms with E-state index < -0.39 is 11.9 Å². The van der Waals surface area contributed by atoms with Crippen molar-refractivity contribution in [3.63, 3.8) is 0 Å². The Morgan fingerprint density at radius 2 is 1.80 bits per heavy atom. The molecule has 1 unspecified atom stereocenters. The number of nitrogens with zero attached hydrogens (tertiary/aromatic N) is 1. The van der Waals surface area contributed by atoms with E-state index in [0.717, 1.165) is 12.0 Å². The van der Waals surface area contributed by atoms with Crippen LogP contribution in [0.1, 0.15) is 43.4 Å². The molecule has 0 saturated carbocycles. The van der Waals surface area contributed by atoms with Crippen molar-refractivity contribution in [3.8, 4) is 0 Å². The second-order valence-corrected chi connectivity index (χ2v) is 8.47. The van der Waals surface area contributed by atoms with Crippen molar-refractivity contribution in [2.24, 2.45) is 5.92 Å². The first-order chi connectivity index (χ1) is 14.3. The smallest absolute Gasteiger partial charge is 0.223 e. The number of hydrogen-bond donors (Lipinski definition) is 1. The minimum Gasteiger partial charge on any atom is -0.349 e. The SMILES string of the molecule is CC(NC(=O)C1CCN(C(=O)CCc2ccccc2)CC1)c1cc(F)c(Cl)cc1Cl. The van der Waals surface area contributed by atoms with Crippen LogP contribution in [0.4, 0.5) is 4.39 Å². The van der Waals surface area contributed by atoms with Gasteiger partial charge >= 0.3 is 0 Å². The summed E-state index contributed by atoms with van der Waals surface area (Å²) in [6, 6.07) is 12.1. The Labute approximate surface area is 186 Å². The molecule has 1 N–H and O–H groups in total. The lowest BCUT2D eigenvalue weighted by atomic mass is 9.94. The first-order valence-corrected chi connectivity index (χ1v) is 10.9. The molecule has 1 aliphatic heterocycles. The van der Waals surface area contributed by atoms with Gasteiger partial charge in [0.2, 0.25) is 11.8 Å². The molecule has 1 atom stereocenters. The zero-order valence-corrected chi connectivity index (χ0v) is 18.3. The minimum absolute atomic E-state index is 0.0495. The summed E-state index contributed by atoms with van der Waals surface area (Å²) in [6.07, 6.45) is 2.41. The van der Waals surface area contributed by atoms with Crippen LogP contribution in [0.3, 0.4) is 0 Å². The lowest BCUT2D eigenvalue weighted by Crippen LogP contribution is -2.43. The molecule has 4 nitrogen and oxygen atoms in total. The zero-order chi connectivity index (χ0) is 21.7. The first-order valence-electron chi connectivity index (χ1n) is 10.1. The van der Waals surface area contributed by atoms with Gasteiger partial charge in [0.15, 0.2) is 0 Å². The van der Waals surface area contributed by atoms with Crippen LogP contribution >= 0.6 is 23.2 Å². The highest BCUT2D eigenvalue weighted by Crippen LogP contribution is 2.29. The molecule has 0 aliphatic carbocycles. The topological polar surface area (TPSA) is 49.4 Å². The Bertz CT molecular complexity index is 900. The number of benzene rings is 2. The molecule has 3 rings (SSSR count). The van der Waals surface area contributed by atoms with Crippen molar-refractivity contribution in [2.75, 3.05) is 13.1 Å². The van der Waals surface area contributed by atoms with Crippen molar-refractivity contribution >= 4 is 35.0 Å². The number of carbonyl (C=O) groups excluding carboxylic acids is 2. The number of nitrogens with one attached hydrogen (secondary N) is 1. The normalized spacial score (nSPS) is 15.7. The molecule has 1 saturated heterocycles. The highest BCUT2D eigenvalue weighted by Gasteiger charge is 2.28. The van der Waals surface area contributed by atoms with Crippen LogP contribution in [0.25, 0.3) is 0 Å². The summed E-state index contributed by atoms with van der Waals surface area (Å²) in [5.41, 5.74) is 1.63. The maximum Gasteiger partial charge on any atom is 0.223 e. The largest absolute Gasteiger partial charge is 0.349 e. The molecule has 7 heteroatoms. The van der Waals surface area contributed by atoms with E-state index in [4.69, 9.17) is 23.2 Å². The molecule has 0 radical (unpaired) electrons. The lowest BCUT2D eigenvalue weighted by molar-refractivity contribution is -0.135. The molecule has 0 bridgehead atoms. The van der Waals surface area contributed by atoms with E-state index in [9.17, 15) is 14.0 Å². The third-order valence-electron chi connectivity index (χ3n) is 5.55. The van der Waals surface area contributed by atoms with Crippen molar-refractivity contribution < 1.29 is 14.0 Å². The predicted octanol–water partition coefficient (Wildman–Crippen LogP) is 5.18. The van der Waals surface area contributed by atoms with Gasteiger partial charge < -0.3 is 10.2 Å². The van der Waals surface area contributed by atoms with E-state index in [1.165, 1.54) is 12.1 Å². The van der Waals surface area contributed by atoms with E-state index >= 15 is 0 Å². The maximum absolute atomic E-state index is 13.8. The number of likely N-dealkylation sites (tertiary alicyclic amines) is 1.